The monoisotopic (exact) mass is 396 g/mol. The third-order valence-electron chi connectivity index (χ3n) is 4.23. The molecule has 24 heavy (non-hydrogen) atoms. The Balaban J connectivity index is 2.05. The van der Waals surface area contributed by atoms with E-state index in [2.05, 4.69) is 21.2 Å². The number of hydrogen-bond donors (Lipinski definition) is 2. The summed E-state index contributed by atoms with van der Waals surface area (Å²) in [5.41, 5.74) is 1.50. The van der Waals surface area contributed by atoms with Crippen molar-refractivity contribution in [2.45, 2.75) is 32.7 Å². The molecule has 2 N–H and O–H groups in total. The minimum absolute atomic E-state index is 0.0937. The number of carboxylic acid groups (broad SMARTS) is 1. The number of nitrogens with zero attached hydrogens (tertiary/aromatic N) is 1. The number of carboxylic acids is 1. The van der Waals surface area contributed by atoms with Crippen molar-refractivity contribution >= 4 is 33.7 Å². The molecule has 0 aromatic heterocycles. The second kappa shape index (κ2) is 7.79. The van der Waals surface area contributed by atoms with Gasteiger partial charge in [0.2, 0.25) is 5.91 Å². The average molecular weight is 397 g/mol. The first-order valence-corrected chi connectivity index (χ1v) is 8.67. The Morgan fingerprint density at radius 2 is 2.08 bits per heavy atom. The SMILES string of the molecule is Cc1cc(Br)ccc1C(=O)N1CCCC(C(=O)NC(C)C(=O)O)C1. The highest BCUT2D eigenvalue weighted by Gasteiger charge is 2.30. The van der Waals surface area contributed by atoms with Gasteiger partial charge in [0.15, 0.2) is 0 Å². The molecule has 0 saturated carbocycles. The molecule has 7 heteroatoms. The molecule has 1 aromatic carbocycles. The van der Waals surface area contributed by atoms with Crippen molar-refractivity contribution < 1.29 is 19.5 Å². The lowest BCUT2D eigenvalue weighted by atomic mass is 9.95. The Labute approximate surface area is 149 Å². The minimum atomic E-state index is -1.07. The van der Waals surface area contributed by atoms with Gasteiger partial charge in [0.25, 0.3) is 5.91 Å². The number of carbonyl (C=O) groups is 3. The molecule has 1 aliphatic rings. The van der Waals surface area contributed by atoms with Crippen LogP contribution in [0.2, 0.25) is 0 Å². The number of benzene rings is 1. The summed E-state index contributed by atoms with van der Waals surface area (Å²) in [5.74, 6) is -1.85. The molecule has 2 rings (SSSR count). The van der Waals surface area contributed by atoms with Gasteiger partial charge in [-0.25, -0.2) is 0 Å². The molecule has 2 amide bonds. The van der Waals surface area contributed by atoms with Gasteiger partial charge < -0.3 is 15.3 Å². The van der Waals surface area contributed by atoms with Crippen LogP contribution < -0.4 is 5.32 Å². The quantitative estimate of drug-likeness (QED) is 0.816. The maximum atomic E-state index is 12.7. The minimum Gasteiger partial charge on any atom is -0.480 e. The maximum Gasteiger partial charge on any atom is 0.325 e. The number of aryl methyl sites for hydroxylation is 1. The highest BCUT2D eigenvalue weighted by molar-refractivity contribution is 9.10. The molecule has 2 atom stereocenters. The van der Waals surface area contributed by atoms with Gasteiger partial charge in [-0.05, 0) is 50.5 Å². The van der Waals surface area contributed by atoms with Crippen molar-refractivity contribution in [3.05, 3.63) is 33.8 Å². The fraction of sp³-hybridized carbons (Fsp3) is 0.471. The summed E-state index contributed by atoms with van der Waals surface area (Å²) in [7, 11) is 0. The van der Waals surface area contributed by atoms with Gasteiger partial charge in [-0.1, -0.05) is 15.9 Å². The molecule has 130 valence electrons. The van der Waals surface area contributed by atoms with Gasteiger partial charge in [-0.2, -0.15) is 0 Å². The van der Waals surface area contributed by atoms with E-state index in [0.717, 1.165) is 16.5 Å². The zero-order chi connectivity index (χ0) is 17.9. The molecule has 1 aromatic rings. The third kappa shape index (κ3) is 4.35. The predicted molar refractivity (Wildman–Crippen MR) is 92.7 cm³/mol. The lowest BCUT2D eigenvalue weighted by Crippen LogP contribution is -2.48. The normalized spacial score (nSPS) is 18.8. The first-order valence-electron chi connectivity index (χ1n) is 7.88. The second-order valence-electron chi connectivity index (χ2n) is 6.12. The molecular formula is C17H21BrN2O4. The van der Waals surface area contributed by atoms with Gasteiger partial charge in [-0.15, -0.1) is 0 Å². The number of nitrogens with one attached hydrogen (secondary N) is 1. The number of hydrogen-bond acceptors (Lipinski definition) is 3. The smallest absolute Gasteiger partial charge is 0.325 e. The van der Waals surface area contributed by atoms with Gasteiger partial charge >= 0.3 is 5.97 Å². The fourth-order valence-corrected chi connectivity index (χ4v) is 3.28. The van der Waals surface area contributed by atoms with Crippen LogP contribution in [-0.4, -0.2) is 46.9 Å². The number of amides is 2. The zero-order valence-electron chi connectivity index (χ0n) is 13.7. The van der Waals surface area contributed by atoms with Crippen molar-refractivity contribution in [2.75, 3.05) is 13.1 Å². The first-order chi connectivity index (χ1) is 11.3. The molecule has 1 fully saturated rings. The molecule has 0 radical (unpaired) electrons. The van der Waals surface area contributed by atoms with Gasteiger partial charge in [0, 0.05) is 23.1 Å². The van der Waals surface area contributed by atoms with Crippen molar-refractivity contribution in [1.82, 2.24) is 10.2 Å². The van der Waals surface area contributed by atoms with E-state index in [4.69, 9.17) is 5.11 Å². The summed E-state index contributed by atoms with van der Waals surface area (Å²) in [4.78, 5) is 37.5. The summed E-state index contributed by atoms with van der Waals surface area (Å²) in [6.45, 7) is 4.22. The Morgan fingerprint density at radius 3 is 2.71 bits per heavy atom. The number of piperidine rings is 1. The number of halogens is 1. The summed E-state index contributed by atoms with van der Waals surface area (Å²) >= 11 is 3.38. The Kier molecular flexibility index (Phi) is 5.99. The summed E-state index contributed by atoms with van der Waals surface area (Å²) < 4.78 is 0.912. The number of rotatable bonds is 4. The highest BCUT2D eigenvalue weighted by atomic mass is 79.9. The molecular weight excluding hydrogens is 376 g/mol. The van der Waals surface area contributed by atoms with Crippen molar-refractivity contribution in [2.24, 2.45) is 5.92 Å². The molecule has 0 aliphatic carbocycles. The van der Waals surface area contributed by atoms with Crippen LogP contribution >= 0.6 is 15.9 Å². The second-order valence-corrected chi connectivity index (χ2v) is 7.03. The van der Waals surface area contributed by atoms with Crippen molar-refractivity contribution in [3.63, 3.8) is 0 Å². The van der Waals surface area contributed by atoms with E-state index in [-0.39, 0.29) is 17.7 Å². The van der Waals surface area contributed by atoms with Gasteiger partial charge in [-0.3, -0.25) is 14.4 Å². The lowest BCUT2D eigenvalue weighted by molar-refractivity contribution is -0.142. The van der Waals surface area contributed by atoms with Crippen LogP contribution in [0.4, 0.5) is 0 Å². The van der Waals surface area contributed by atoms with Crippen LogP contribution in [0.25, 0.3) is 0 Å². The first kappa shape index (κ1) is 18.4. The average Bonchev–Trinajstić information content (AvgIpc) is 2.54. The van der Waals surface area contributed by atoms with Gasteiger partial charge in [0.05, 0.1) is 5.92 Å². The molecule has 0 bridgehead atoms. The predicted octanol–water partition coefficient (Wildman–Crippen LogP) is 2.20. The topological polar surface area (TPSA) is 86.7 Å². The zero-order valence-corrected chi connectivity index (χ0v) is 15.3. The highest BCUT2D eigenvalue weighted by Crippen LogP contribution is 2.22. The fourth-order valence-electron chi connectivity index (χ4n) is 2.81. The molecule has 1 heterocycles. The van der Waals surface area contributed by atoms with Crippen LogP contribution in [0, 0.1) is 12.8 Å². The summed E-state index contributed by atoms with van der Waals surface area (Å²) in [6, 6.07) is 4.55. The largest absolute Gasteiger partial charge is 0.480 e. The van der Waals surface area contributed by atoms with E-state index in [1.807, 2.05) is 19.1 Å². The molecule has 6 nitrogen and oxygen atoms in total. The summed E-state index contributed by atoms with van der Waals surface area (Å²) in [5, 5.41) is 11.4. The van der Waals surface area contributed by atoms with E-state index in [1.54, 1.807) is 11.0 Å². The standard InChI is InChI=1S/C17H21BrN2O4/c1-10-8-13(18)5-6-14(10)16(22)20-7-3-4-12(9-20)15(21)19-11(2)17(23)24/h5-6,8,11-12H,3-4,7,9H2,1-2H3,(H,19,21)(H,23,24). The van der Waals surface area contributed by atoms with Crippen LogP contribution in [0.5, 0.6) is 0 Å². The number of carbonyl (C=O) groups excluding carboxylic acids is 2. The van der Waals surface area contributed by atoms with Crippen LogP contribution in [0.1, 0.15) is 35.7 Å². The lowest BCUT2D eigenvalue weighted by Gasteiger charge is -2.32. The van der Waals surface area contributed by atoms with E-state index in [1.165, 1.54) is 6.92 Å². The van der Waals surface area contributed by atoms with Gasteiger partial charge in [0.1, 0.15) is 6.04 Å². The van der Waals surface area contributed by atoms with Crippen LogP contribution in [0.3, 0.4) is 0 Å². The molecule has 2 unspecified atom stereocenters. The van der Waals surface area contributed by atoms with E-state index >= 15 is 0 Å². The Morgan fingerprint density at radius 1 is 1.38 bits per heavy atom. The number of aliphatic carboxylic acids is 1. The van der Waals surface area contributed by atoms with E-state index in [0.29, 0.717) is 25.1 Å². The molecule has 1 saturated heterocycles. The van der Waals surface area contributed by atoms with Crippen LogP contribution in [-0.2, 0) is 9.59 Å². The third-order valence-corrected chi connectivity index (χ3v) is 4.72. The van der Waals surface area contributed by atoms with Crippen molar-refractivity contribution in [3.8, 4) is 0 Å². The van der Waals surface area contributed by atoms with E-state index < -0.39 is 12.0 Å². The maximum absolute atomic E-state index is 12.7. The van der Waals surface area contributed by atoms with Crippen molar-refractivity contribution in [1.29, 1.82) is 0 Å². The van der Waals surface area contributed by atoms with E-state index in [9.17, 15) is 14.4 Å². The molecule has 0 spiro atoms. The summed E-state index contributed by atoms with van der Waals surface area (Å²) in [6.07, 6.45) is 1.38. The Bertz CT molecular complexity index is 662. The Hall–Kier alpha value is -1.89. The number of likely N-dealkylation sites (tertiary alicyclic amines) is 1. The van der Waals surface area contributed by atoms with Crippen LogP contribution in [0.15, 0.2) is 22.7 Å². The molecule has 1 aliphatic heterocycles.